The molecule has 1 aliphatic heterocycles. The number of anilines is 1. The van der Waals surface area contributed by atoms with Crippen LogP contribution in [0.1, 0.15) is 23.5 Å². The molecule has 0 amide bonds. The lowest BCUT2D eigenvalue weighted by molar-refractivity contribution is 0.760. The third-order valence-electron chi connectivity index (χ3n) is 2.83. The molecule has 1 atom stereocenters. The summed E-state index contributed by atoms with van der Waals surface area (Å²) in [5, 5.41) is 3.37. The summed E-state index contributed by atoms with van der Waals surface area (Å²) in [6.45, 7) is 4.34. The predicted octanol–water partition coefficient (Wildman–Crippen LogP) is 1.65. The molecule has 1 aromatic rings. The summed E-state index contributed by atoms with van der Waals surface area (Å²) in [6.07, 6.45) is 1.22. The van der Waals surface area contributed by atoms with Crippen molar-refractivity contribution in [2.24, 2.45) is 0 Å². The molecular weight excluding hydrogens is 160 g/mol. The number of aryl methyl sites for hydroxylation is 1. The SMILES string of the molecule is Cc1cccc(N)c1C1CCNC1. The lowest BCUT2D eigenvalue weighted by Crippen LogP contribution is -2.10. The molecule has 0 radical (unpaired) electrons. The summed E-state index contributed by atoms with van der Waals surface area (Å²) in [7, 11) is 0. The van der Waals surface area contributed by atoms with E-state index in [1.807, 2.05) is 12.1 Å². The van der Waals surface area contributed by atoms with Gasteiger partial charge in [-0.25, -0.2) is 0 Å². The number of rotatable bonds is 1. The topological polar surface area (TPSA) is 38.0 Å². The van der Waals surface area contributed by atoms with Crippen LogP contribution in [0.15, 0.2) is 18.2 Å². The maximum atomic E-state index is 5.97. The lowest BCUT2D eigenvalue weighted by Gasteiger charge is -2.14. The van der Waals surface area contributed by atoms with Crippen LogP contribution in [-0.2, 0) is 0 Å². The monoisotopic (exact) mass is 176 g/mol. The highest BCUT2D eigenvalue weighted by Crippen LogP contribution is 2.29. The molecule has 0 bridgehead atoms. The second kappa shape index (κ2) is 3.38. The standard InChI is InChI=1S/C11H16N2/c1-8-3-2-4-10(12)11(8)9-5-6-13-7-9/h2-4,9,13H,5-7,12H2,1H3. The summed E-state index contributed by atoms with van der Waals surface area (Å²) >= 11 is 0. The first-order valence-electron chi connectivity index (χ1n) is 4.84. The molecule has 0 spiro atoms. The number of nitrogens with one attached hydrogen (secondary N) is 1. The van der Waals surface area contributed by atoms with E-state index in [1.165, 1.54) is 17.5 Å². The van der Waals surface area contributed by atoms with Crippen LogP contribution in [0, 0.1) is 6.92 Å². The number of nitrogen functional groups attached to an aromatic ring is 1. The Hall–Kier alpha value is -1.02. The van der Waals surface area contributed by atoms with Crippen molar-refractivity contribution >= 4 is 5.69 Å². The van der Waals surface area contributed by atoms with Crippen LogP contribution < -0.4 is 11.1 Å². The van der Waals surface area contributed by atoms with Gasteiger partial charge < -0.3 is 11.1 Å². The third kappa shape index (κ3) is 1.54. The second-order valence-corrected chi connectivity index (χ2v) is 3.77. The van der Waals surface area contributed by atoms with Crippen molar-refractivity contribution in [3.8, 4) is 0 Å². The normalized spacial score (nSPS) is 22.1. The van der Waals surface area contributed by atoms with Crippen LogP contribution in [0.25, 0.3) is 0 Å². The van der Waals surface area contributed by atoms with Gasteiger partial charge in [-0.05, 0) is 43.0 Å². The molecule has 1 aliphatic rings. The Morgan fingerprint density at radius 2 is 2.31 bits per heavy atom. The zero-order chi connectivity index (χ0) is 9.26. The molecule has 0 saturated carbocycles. The van der Waals surface area contributed by atoms with Crippen LogP contribution in [0.2, 0.25) is 0 Å². The number of nitrogens with two attached hydrogens (primary N) is 1. The Labute approximate surface area is 79.1 Å². The van der Waals surface area contributed by atoms with Gasteiger partial charge in [0.05, 0.1) is 0 Å². The van der Waals surface area contributed by atoms with E-state index in [1.54, 1.807) is 0 Å². The van der Waals surface area contributed by atoms with E-state index in [0.717, 1.165) is 18.8 Å². The lowest BCUT2D eigenvalue weighted by atomic mass is 9.92. The van der Waals surface area contributed by atoms with Crippen LogP contribution in [0.5, 0.6) is 0 Å². The summed E-state index contributed by atoms with van der Waals surface area (Å²) in [6, 6.07) is 6.17. The minimum atomic E-state index is 0.626. The van der Waals surface area contributed by atoms with Crippen molar-refractivity contribution in [3.05, 3.63) is 29.3 Å². The summed E-state index contributed by atoms with van der Waals surface area (Å²) in [5.74, 6) is 0.626. The predicted molar refractivity (Wildman–Crippen MR) is 55.8 cm³/mol. The van der Waals surface area contributed by atoms with E-state index in [2.05, 4.69) is 18.3 Å². The third-order valence-corrected chi connectivity index (χ3v) is 2.83. The van der Waals surface area contributed by atoms with Crippen molar-refractivity contribution in [2.45, 2.75) is 19.3 Å². The van der Waals surface area contributed by atoms with E-state index in [0.29, 0.717) is 5.92 Å². The molecule has 2 rings (SSSR count). The molecule has 0 aliphatic carbocycles. The fourth-order valence-corrected chi connectivity index (χ4v) is 2.16. The minimum Gasteiger partial charge on any atom is -0.398 e. The molecule has 1 heterocycles. The largest absolute Gasteiger partial charge is 0.398 e. The van der Waals surface area contributed by atoms with Crippen LogP contribution in [0.4, 0.5) is 5.69 Å². The van der Waals surface area contributed by atoms with Crippen molar-refractivity contribution in [3.63, 3.8) is 0 Å². The fourth-order valence-electron chi connectivity index (χ4n) is 2.16. The van der Waals surface area contributed by atoms with Gasteiger partial charge in [0.2, 0.25) is 0 Å². The van der Waals surface area contributed by atoms with Crippen molar-refractivity contribution in [1.82, 2.24) is 5.32 Å². The van der Waals surface area contributed by atoms with E-state index >= 15 is 0 Å². The molecular formula is C11H16N2. The first-order valence-corrected chi connectivity index (χ1v) is 4.84. The van der Waals surface area contributed by atoms with Gasteiger partial charge in [0.25, 0.3) is 0 Å². The minimum absolute atomic E-state index is 0.626. The highest BCUT2D eigenvalue weighted by atomic mass is 14.9. The summed E-state index contributed by atoms with van der Waals surface area (Å²) in [5.41, 5.74) is 9.61. The summed E-state index contributed by atoms with van der Waals surface area (Å²) < 4.78 is 0. The molecule has 1 saturated heterocycles. The first kappa shape index (κ1) is 8.57. The van der Waals surface area contributed by atoms with Crippen LogP contribution in [-0.4, -0.2) is 13.1 Å². The quantitative estimate of drug-likeness (QED) is 0.638. The van der Waals surface area contributed by atoms with E-state index in [9.17, 15) is 0 Å². The zero-order valence-electron chi connectivity index (χ0n) is 8.01. The number of hydrogen-bond donors (Lipinski definition) is 2. The van der Waals surface area contributed by atoms with Crippen molar-refractivity contribution < 1.29 is 0 Å². The van der Waals surface area contributed by atoms with Crippen LogP contribution in [0.3, 0.4) is 0 Å². The zero-order valence-corrected chi connectivity index (χ0v) is 8.01. The average Bonchev–Trinajstić information content (AvgIpc) is 2.57. The smallest absolute Gasteiger partial charge is 0.0352 e. The Kier molecular flexibility index (Phi) is 2.23. The Morgan fingerprint density at radius 1 is 1.46 bits per heavy atom. The average molecular weight is 176 g/mol. The van der Waals surface area contributed by atoms with Gasteiger partial charge in [-0.1, -0.05) is 12.1 Å². The van der Waals surface area contributed by atoms with Gasteiger partial charge >= 0.3 is 0 Å². The molecule has 3 N–H and O–H groups in total. The number of benzene rings is 1. The first-order chi connectivity index (χ1) is 6.29. The van der Waals surface area contributed by atoms with Crippen molar-refractivity contribution in [2.75, 3.05) is 18.8 Å². The Balaban J connectivity index is 2.37. The molecule has 0 aromatic heterocycles. The second-order valence-electron chi connectivity index (χ2n) is 3.77. The molecule has 2 nitrogen and oxygen atoms in total. The fraction of sp³-hybridized carbons (Fsp3) is 0.455. The molecule has 13 heavy (non-hydrogen) atoms. The molecule has 1 unspecified atom stereocenters. The molecule has 1 fully saturated rings. The van der Waals surface area contributed by atoms with Gasteiger partial charge in [0, 0.05) is 12.2 Å². The molecule has 70 valence electrons. The maximum Gasteiger partial charge on any atom is 0.0352 e. The van der Waals surface area contributed by atoms with Gasteiger partial charge in [-0.15, -0.1) is 0 Å². The molecule has 2 heteroatoms. The van der Waals surface area contributed by atoms with Crippen LogP contribution >= 0.6 is 0 Å². The number of hydrogen-bond acceptors (Lipinski definition) is 2. The van der Waals surface area contributed by atoms with Gasteiger partial charge in [-0.2, -0.15) is 0 Å². The Bertz CT molecular complexity index is 281. The van der Waals surface area contributed by atoms with Gasteiger partial charge in [-0.3, -0.25) is 0 Å². The van der Waals surface area contributed by atoms with E-state index < -0.39 is 0 Å². The van der Waals surface area contributed by atoms with E-state index in [4.69, 9.17) is 5.73 Å². The maximum absolute atomic E-state index is 5.97. The molecule has 1 aromatic carbocycles. The highest BCUT2D eigenvalue weighted by Gasteiger charge is 2.19. The van der Waals surface area contributed by atoms with Gasteiger partial charge in [0.15, 0.2) is 0 Å². The van der Waals surface area contributed by atoms with Gasteiger partial charge in [0.1, 0.15) is 0 Å². The highest BCUT2D eigenvalue weighted by molar-refractivity contribution is 5.52. The Morgan fingerprint density at radius 3 is 2.92 bits per heavy atom. The summed E-state index contributed by atoms with van der Waals surface area (Å²) in [4.78, 5) is 0. The van der Waals surface area contributed by atoms with Crippen molar-refractivity contribution in [1.29, 1.82) is 0 Å². The van der Waals surface area contributed by atoms with E-state index in [-0.39, 0.29) is 0 Å².